The van der Waals surface area contributed by atoms with Crippen LogP contribution in [-0.2, 0) is 10.0 Å². The molecule has 0 spiro atoms. The van der Waals surface area contributed by atoms with Crippen LogP contribution in [-0.4, -0.2) is 43.0 Å². The van der Waals surface area contributed by atoms with Gasteiger partial charge >= 0.3 is 0 Å². The standard InChI is InChI=1S/C26H30N4O5S/c1-5-35-19-9-6-8-18(16-19)21-12-11-20(23(28-21)30-15-13-17(2)26(30,3)4)24(31)29-36(33,34)22-10-7-14-27-25(22)32/h6-12,14,16-17H,5,13,15H2,1-4H3,(H,27,32)(H,29,31). The van der Waals surface area contributed by atoms with Crippen molar-refractivity contribution in [3.63, 3.8) is 0 Å². The van der Waals surface area contributed by atoms with Gasteiger partial charge in [-0.25, -0.2) is 18.1 Å². The van der Waals surface area contributed by atoms with Gasteiger partial charge in [0.25, 0.3) is 21.5 Å². The number of hydrogen-bond donors (Lipinski definition) is 2. The summed E-state index contributed by atoms with van der Waals surface area (Å²) in [5, 5.41) is 0. The van der Waals surface area contributed by atoms with Crippen LogP contribution in [0.1, 0.15) is 44.5 Å². The summed E-state index contributed by atoms with van der Waals surface area (Å²) < 4.78 is 33.3. The molecule has 0 radical (unpaired) electrons. The Hall–Kier alpha value is -3.66. The number of carbonyl (C=O) groups excluding carboxylic acids is 1. The number of carbonyl (C=O) groups is 1. The second kappa shape index (κ2) is 9.77. The first kappa shape index (κ1) is 25.4. The van der Waals surface area contributed by atoms with E-state index in [0.717, 1.165) is 18.1 Å². The van der Waals surface area contributed by atoms with E-state index in [1.165, 1.54) is 12.3 Å². The number of ether oxygens (including phenoxy) is 1. The Morgan fingerprint density at radius 2 is 2.00 bits per heavy atom. The second-order valence-corrected chi connectivity index (χ2v) is 11.0. The van der Waals surface area contributed by atoms with Crippen LogP contribution in [0, 0.1) is 5.92 Å². The Labute approximate surface area is 210 Å². The van der Waals surface area contributed by atoms with Gasteiger partial charge in [-0.2, -0.15) is 0 Å². The molecule has 3 aromatic rings. The molecule has 10 heteroatoms. The number of aromatic amines is 1. The summed E-state index contributed by atoms with van der Waals surface area (Å²) in [6.45, 7) is 9.40. The van der Waals surface area contributed by atoms with Crippen LogP contribution in [0.15, 0.2) is 64.4 Å². The molecule has 1 aliphatic heterocycles. The fourth-order valence-electron chi connectivity index (χ4n) is 4.36. The van der Waals surface area contributed by atoms with Gasteiger partial charge in [0.1, 0.15) is 11.6 Å². The number of nitrogens with zero attached hydrogens (tertiary/aromatic N) is 2. The summed E-state index contributed by atoms with van der Waals surface area (Å²) in [5.74, 6) is 0.560. The minimum Gasteiger partial charge on any atom is -0.494 e. The van der Waals surface area contributed by atoms with E-state index in [9.17, 15) is 18.0 Å². The lowest BCUT2D eigenvalue weighted by Gasteiger charge is -2.36. The monoisotopic (exact) mass is 510 g/mol. The molecule has 1 saturated heterocycles. The average molecular weight is 511 g/mol. The lowest BCUT2D eigenvalue weighted by Crippen LogP contribution is -2.44. The molecule has 1 aromatic carbocycles. The Morgan fingerprint density at radius 3 is 2.67 bits per heavy atom. The van der Waals surface area contributed by atoms with Crippen LogP contribution in [0.3, 0.4) is 0 Å². The number of hydrogen-bond acceptors (Lipinski definition) is 7. The minimum absolute atomic E-state index is 0.109. The molecule has 36 heavy (non-hydrogen) atoms. The number of sulfonamides is 1. The largest absolute Gasteiger partial charge is 0.494 e. The summed E-state index contributed by atoms with van der Waals surface area (Å²) >= 11 is 0. The topological polar surface area (TPSA) is 121 Å². The average Bonchev–Trinajstić information content (AvgIpc) is 3.11. The summed E-state index contributed by atoms with van der Waals surface area (Å²) in [6, 6.07) is 13.3. The highest BCUT2D eigenvalue weighted by Gasteiger charge is 2.41. The Balaban J connectivity index is 1.78. The number of amides is 1. The Kier molecular flexibility index (Phi) is 6.90. The molecule has 0 aliphatic carbocycles. The molecule has 190 valence electrons. The normalized spacial score (nSPS) is 17.1. The zero-order valence-corrected chi connectivity index (χ0v) is 21.6. The molecule has 3 heterocycles. The van der Waals surface area contributed by atoms with Crippen molar-refractivity contribution in [2.75, 3.05) is 18.1 Å². The van der Waals surface area contributed by atoms with Gasteiger partial charge in [0, 0.05) is 23.8 Å². The smallest absolute Gasteiger partial charge is 0.269 e. The quantitative estimate of drug-likeness (QED) is 0.498. The Morgan fingerprint density at radius 1 is 1.22 bits per heavy atom. The molecule has 1 amide bonds. The number of pyridine rings is 2. The predicted molar refractivity (Wildman–Crippen MR) is 138 cm³/mol. The van der Waals surface area contributed by atoms with Crippen LogP contribution >= 0.6 is 0 Å². The highest BCUT2D eigenvalue weighted by atomic mass is 32.2. The third kappa shape index (κ3) is 4.86. The molecule has 1 aliphatic rings. The molecular formula is C26H30N4O5S. The highest BCUT2D eigenvalue weighted by Crippen LogP contribution is 2.39. The third-order valence-corrected chi connectivity index (χ3v) is 8.16. The van der Waals surface area contributed by atoms with E-state index in [1.807, 2.05) is 40.8 Å². The first-order valence-corrected chi connectivity index (χ1v) is 13.3. The number of H-pyrrole nitrogens is 1. The highest BCUT2D eigenvalue weighted by molar-refractivity contribution is 7.90. The molecule has 4 rings (SSSR count). The lowest BCUT2D eigenvalue weighted by atomic mass is 9.90. The van der Waals surface area contributed by atoms with Crippen molar-refractivity contribution in [1.29, 1.82) is 0 Å². The number of rotatable bonds is 7. The maximum atomic E-state index is 13.3. The van der Waals surface area contributed by atoms with Gasteiger partial charge in [0.2, 0.25) is 0 Å². The number of aromatic nitrogens is 2. The van der Waals surface area contributed by atoms with Crippen molar-refractivity contribution in [2.45, 2.75) is 44.6 Å². The summed E-state index contributed by atoms with van der Waals surface area (Å²) in [4.78, 5) is 34.0. The van der Waals surface area contributed by atoms with E-state index in [2.05, 4.69) is 25.8 Å². The predicted octanol–water partition coefficient (Wildman–Crippen LogP) is 3.58. The van der Waals surface area contributed by atoms with Crippen LogP contribution in [0.2, 0.25) is 0 Å². The molecule has 1 atom stereocenters. The first-order chi connectivity index (χ1) is 17.0. The van der Waals surface area contributed by atoms with E-state index in [0.29, 0.717) is 36.3 Å². The van der Waals surface area contributed by atoms with Gasteiger partial charge < -0.3 is 14.6 Å². The van der Waals surface area contributed by atoms with Crippen LogP contribution < -0.4 is 19.9 Å². The number of anilines is 1. The van der Waals surface area contributed by atoms with Crippen molar-refractivity contribution in [2.24, 2.45) is 5.92 Å². The van der Waals surface area contributed by atoms with Crippen LogP contribution in [0.25, 0.3) is 11.3 Å². The molecule has 0 saturated carbocycles. The van der Waals surface area contributed by atoms with Crippen molar-refractivity contribution in [3.8, 4) is 17.0 Å². The van der Waals surface area contributed by atoms with Crippen molar-refractivity contribution >= 4 is 21.7 Å². The first-order valence-electron chi connectivity index (χ1n) is 11.8. The maximum Gasteiger partial charge on any atom is 0.269 e. The zero-order valence-electron chi connectivity index (χ0n) is 20.7. The second-order valence-electron chi connectivity index (χ2n) is 9.32. The molecule has 1 fully saturated rings. The molecule has 9 nitrogen and oxygen atoms in total. The van der Waals surface area contributed by atoms with Gasteiger partial charge in [-0.3, -0.25) is 9.59 Å². The number of nitrogens with one attached hydrogen (secondary N) is 2. The van der Waals surface area contributed by atoms with Gasteiger partial charge in [-0.1, -0.05) is 19.1 Å². The van der Waals surface area contributed by atoms with Gasteiger partial charge in [0.15, 0.2) is 4.90 Å². The van der Waals surface area contributed by atoms with Crippen molar-refractivity contribution in [3.05, 3.63) is 70.6 Å². The Bertz CT molecular complexity index is 1450. The molecular weight excluding hydrogens is 480 g/mol. The lowest BCUT2D eigenvalue weighted by molar-refractivity contribution is 0.0981. The third-order valence-electron chi connectivity index (χ3n) is 6.80. The molecule has 2 aromatic heterocycles. The van der Waals surface area contributed by atoms with E-state index < -0.39 is 26.4 Å². The zero-order chi connectivity index (χ0) is 26.1. The van der Waals surface area contributed by atoms with E-state index in [1.54, 1.807) is 12.1 Å². The van der Waals surface area contributed by atoms with Crippen molar-refractivity contribution < 1.29 is 17.9 Å². The fraction of sp³-hybridized carbons (Fsp3) is 0.346. The van der Waals surface area contributed by atoms with Gasteiger partial charge in [-0.05, 0) is 69.5 Å². The SMILES string of the molecule is CCOc1cccc(-c2ccc(C(=O)NS(=O)(=O)c3ccc[nH]c3=O)c(N3CCC(C)C3(C)C)n2)c1. The van der Waals surface area contributed by atoms with Crippen LogP contribution in [0.5, 0.6) is 5.75 Å². The fourth-order valence-corrected chi connectivity index (χ4v) is 5.39. The molecule has 1 unspecified atom stereocenters. The minimum atomic E-state index is -4.40. The number of benzene rings is 1. The van der Waals surface area contributed by atoms with Gasteiger partial charge in [0.05, 0.1) is 17.9 Å². The van der Waals surface area contributed by atoms with Crippen molar-refractivity contribution in [1.82, 2.24) is 14.7 Å². The summed E-state index contributed by atoms with van der Waals surface area (Å²) in [5.41, 5.74) is 0.417. The van der Waals surface area contributed by atoms with E-state index in [-0.39, 0.29) is 11.1 Å². The van der Waals surface area contributed by atoms with E-state index in [4.69, 9.17) is 9.72 Å². The maximum absolute atomic E-state index is 13.3. The molecule has 0 bridgehead atoms. The molecule has 2 N–H and O–H groups in total. The van der Waals surface area contributed by atoms with Gasteiger partial charge in [-0.15, -0.1) is 0 Å². The van der Waals surface area contributed by atoms with Crippen LogP contribution in [0.4, 0.5) is 5.82 Å². The summed E-state index contributed by atoms with van der Waals surface area (Å²) in [6.07, 6.45) is 2.22. The summed E-state index contributed by atoms with van der Waals surface area (Å²) in [7, 11) is -4.40. The van der Waals surface area contributed by atoms with E-state index >= 15 is 0 Å².